The molecule has 0 atom stereocenters. The summed E-state index contributed by atoms with van der Waals surface area (Å²) in [4.78, 5) is 35.1. The van der Waals surface area contributed by atoms with Gasteiger partial charge in [0.15, 0.2) is 0 Å². The highest BCUT2D eigenvalue weighted by molar-refractivity contribution is 6.00. The van der Waals surface area contributed by atoms with Gasteiger partial charge in [-0.1, -0.05) is 0 Å². The number of benzene rings is 1. The lowest BCUT2D eigenvalue weighted by atomic mass is 9.93. The minimum Gasteiger partial charge on any atom is -0.480 e. The number of aryl methyl sites for hydroxylation is 4. The van der Waals surface area contributed by atoms with E-state index in [0.717, 1.165) is 53.4 Å². The van der Waals surface area contributed by atoms with Crippen LogP contribution in [-0.4, -0.2) is 23.5 Å². The molecule has 0 aliphatic heterocycles. The maximum absolute atomic E-state index is 12.5. The molecule has 0 unspecified atom stereocenters. The summed E-state index contributed by atoms with van der Waals surface area (Å²) in [5, 5.41) is 12.8. The summed E-state index contributed by atoms with van der Waals surface area (Å²) in [5.41, 5.74) is 3.56. The van der Waals surface area contributed by atoms with Crippen molar-refractivity contribution >= 4 is 33.8 Å². The first-order valence-corrected chi connectivity index (χ1v) is 9.35. The smallest absolute Gasteiger partial charge is 0.340 e. The van der Waals surface area contributed by atoms with Gasteiger partial charge in [0.05, 0.1) is 12.0 Å². The fourth-order valence-corrected chi connectivity index (χ4v) is 4.02. The second-order valence-corrected chi connectivity index (χ2v) is 7.31. The average Bonchev–Trinajstić information content (AvgIpc) is 3.04. The van der Waals surface area contributed by atoms with Gasteiger partial charge in [-0.15, -0.1) is 0 Å². The van der Waals surface area contributed by atoms with Crippen LogP contribution in [0.3, 0.4) is 0 Å². The van der Waals surface area contributed by atoms with Gasteiger partial charge in [0, 0.05) is 28.3 Å². The molecule has 1 amide bonds. The first-order chi connectivity index (χ1) is 13.4. The molecule has 0 bridgehead atoms. The van der Waals surface area contributed by atoms with Gasteiger partial charge < -0.3 is 19.3 Å². The van der Waals surface area contributed by atoms with Crippen molar-refractivity contribution < 1.29 is 23.5 Å². The number of furan rings is 1. The van der Waals surface area contributed by atoms with Crippen molar-refractivity contribution in [3.63, 3.8) is 0 Å². The van der Waals surface area contributed by atoms with Crippen molar-refractivity contribution in [2.45, 2.75) is 46.0 Å². The van der Waals surface area contributed by atoms with Crippen molar-refractivity contribution in [2.24, 2.45) is 0 Å². The number of carbonyl (C=O) groups excluding carboxylic acids is 1. The third kappa shape index (κ3) is 2.96. The molecule has 3 aromatic rings. The zero-order chi connectivity index (χ0) is 20.0. The third-order valence-electron chi connectivity index (χ3n) is 5.50. The van der Waals surface area contributed by atoms with E-state index in [1.807, 2.05) is 13.0 Å². The number of fused-ring (bicyclic) bond motifs is 4. The van der Waals surface area contributed by atoms with Gasteiger partial charge in [0.2, 0.25) is 5.91 Å². The number of rotatable bonds is 4. The Morgan fingerprint density at radius 3 is 2.54 bits per heavy atom. The second kappa shape index (κ2) is 6.82. The van der Waals surface area contributed by atoms with E-state index >= 15 is 0 Å². The van der Waals surface area contributed by atoms with Crippen molar-refractivity contribution in [1.82, 2.24) is 5.32 Å². The Morgan fingerprint density at radius 1 is 1.07 bits per heavy atom. The van der Waals surface area contributed by atoms with Crippen LogP contribution in [0.2, 0.25) is 0 Å². The van der Waals surface area contributed by atoms with Gasteiger partial charge in [0.1, 0.15) is 23.5 Å². The normalized spacial score (nSPS) is 13.6. The predicted octanol–water partition coefficient (Wildman–Crippen LogP) is 2.78. The quantitative estimate of drug-likeness (QED) is 0.671. The zero-order valence-corrected chi connectivity index (χ0v) is 15.8. The van der Waals surface area contributed by atoms with E-state index in [1.165, 1.54) is 5.56 Å². The molecule has 0 radical (unpaired) electrons. The molecule has 7 heteroatoms. The Morgan fingerprint density at radius 2 is 1.79 bits per heavy atom. The lowest BCUT2D eigenvalue weighted by Gasteiger charge is -2.11. The first kappa shape index (κ1) is 18.3. The van der Waals surface area contributed by atoms with E-state index in [1.54, 1.807) is 6.92 Å². The third-order valence-corrected chi connectivity index (χ3v) is 5.50. The van der Waals surface area contributed by atoms with Crippen molar-refractivity contribution in [2.75, 3.05) is 6.54 Å². The van der Waals surface area contributed by atoms with Gasteiger partial charge in [-0.05, 0) is 44.7 Å². The van der Waals surface area contributed by atoms with Gasteiger partial charge in [0.25, 0.3) is 0 Å². The molecule has 2 heterocycles. The van der Waals surface area contributed by atoms with Crippen molar-refractivity contribution in [1.29, 1.82) is 0 Å². The van der Waals surface area contributed by atoms with E-state index in [2.05, 4.69) is 5.32 Å². The SMILES string of the molecule is Cc1c(CC(=O)NCC(=O)O)c(=O)oc2c(C)c3oc4c(c3cc12)CCCC4. The monoisotopic (exact) mass is 383 g/mol. The standard InChI is InChI=1S/C21H21NO6/c1-10-13-7-15-12-5-3-4-6-16(12)27-20(15)11(2)19(13)28-21(26)14(10)8-17(23)22-9-18(24)25/h7H,3-6,8-9H2,1-2H3,(H,22,23)(H,24,25). The zero-order valence-electron chi connectivity index (χ0n) is 15.8. The first-order valence-electron chi connectivity index (χ1n) is 9.35. The number of amides is 1. The van der Waals surface area contributed by atoms with Crippen LogP contribution in [0.1, 0.15) is 40.9 Å². The van der Waals surface area contributed by atoms with Crippen LogP contribution >= 0.6 is 0 Å². The lowest BCUT2D eigenvalue weighted by molar-refractivity contribution is -0.137. The summed E-state index contributed by atoms with van der Waals surface area (Å²) in [6.07, 6.45) is 3.88. The van der Waals surface area contributed by atoms with Crippen LogP contribution in [0.25, 0.3) is 21.9 Å². The molecule has 0 saturated heterocycles. The van der Waals surface area contributed by atoms with Crippen LogP contribution in [0.15, 0.2) is 19.7 Å². The number of carboxylic acids is 1. The van der Waals surface area contributed by atoms with Gasteiger partial charge in [-0.25, -0.2) is 4.79 Å². The molecule has 1 aliphatic rings. The number of carbonyl (C=O) groups is 2. The molecule has 0 saturated carbocycles. The summed E-state index contributed by atoms with van der Waals surface area (Å²) in [6.45, 7) is 3.18. The highest BCUT2D eigenvalue weighted by Crippen LogP contribution is 2.37. The Bertz CT molecular complexity index is 1180. The fraction of sp³-hybridized carbons (Fsp3) is 0.381. The number of nitrogens with one attached hydrogen (secondary N) is 1. The summed E-state index contributed by atoms with van der Waals surface area (Å²) >= 11 is 0. The number of hydrogen-bond acceptors (Lipinski definition) is 5. The van der Waals surface area contributed by atoms with Crippen LogP contribution in [0, 0.1) is 13.8 Å². The lowest BCUT2D eigenvalue weighted by Crippen LogP contribution is -2.32. The van der Waals surface area contributed by atoms with E-state index < -0.39 is 24.0 Å². The summed E-state index contributed by atoms with van der Waals surface area (Å²) in [6, 6.07) is 1.99. The Labute approximate surface area is 160 Å². The van der Waals surface area contributed by atoms with Crippen molar-refractivity contribution in [3.8, 4) is 0 Å². The van der Waals surface area contributed by atoms with E-state index in [4.69, 9.17) is 13.9 Å². The van der Waals surface area contributed by atoms with Gasteiger partial charge >= 0.3 is 11.6 Å². The highest BCUT2D eigenvalue weighted by atomic mass is 16.4. The second-order valence-electron chi connectivity index (χ2n) is 7.31. The maximum Gasteiger partial charge on any atom is 0.340 e. The Kier molecular flexibility index (Phi) is 4.45. The Balaban J connectivity index is 1.85. The topological polar surface area (TPSA) is 110 Å². The molecule has 2 aromatic heterocycles. The minimum atomic E-state index is -1.14. The predicted molar refractivity (Wildman–Crippen MR) is 103 cm³/mol. The summed E-state index contributed by atoms with van der Waals surface area (Å²) in [5.74, 6) is -0.665. The van der Waals surface area contributed by atoms with Gasteiger partial charge in [-0.3, -0.25) is 9.59 Å². The molecule has 4 rings (SSSR count). The molecule has 146 valence electrons. The van der Waals surface area contributed by atoms with Crippen LogP contribution < -0.4 is 10.9 Å². The van der Waals surface area contributed by atoms with E-state index in [9.17, 15) is 14.4 Å². The molecule has 0 fully saturated rings. The fourth-order valence-electron chi connectivity index (χ4n) is 4.02. The minimum absolute atomic E-state index is 0.224. The molecule has 1 aliphatic carbocycles. The Hall–Kier alpha value is -3.09. The summed E-state index contributed by atoms with van der Waals surface area (Å²) in [7, 11) is 0. The molecule has 2 N–H and O–H groups in total. The number of hydrogen-bond donors (Lipinski definition) is 2. The summed E-state index contributed by atoms with van der Waals surface area (Å²) < 4.78 is 11.6. The highest BCUT2D eigenvalue weighted by Gasteiger charge is 2.23. The van der Waals surface area contributed by atoms with Crippen LogP contribution in [0.4, 0.5) is 0 Å². The number of aliphatic carboxylic acids is 1. The van der Waals surface area contributed by atoms with Gasteiger partial charge in [-0.2, -0.15) is 0 Å². The molecule has 28 heavy (non-hydrogen) atoms. The number of carboxylic acid groups (broad SMARTS) is 1. The average molecular weight is 383 g/mol. The van der Waals surface area contributed by atoms with Crippen molar-refractivity contribution in [3.05, 3.63) is 44.5 Å². The molecule has 1 aromatic carbocycles. The van der Waals surface area contributed by atoms with Crippen LogP contribution in [-0.2, 0) is 28.9 Å². The van der Waals surface area contributed by atoms with E-state index in [-0.39, 0.29) is 12.0 Å². The van der Waals surface area contributed by atoms with E-state index in [0.29, 0.717) is 11.1 Å². The largest absolute Gasteiger partial charge is 0.480 e. The van der Waals surface area contributed by atoms with Crippen LogP contribution in [0.5, 0.6) is 0 Å². The molecular weight excluding hydrogens is 362 g/mol. The molecule has 7 nitrogen and oxygen atoms in total. The molecular formula is C21H21NO6. The molecule has 0 spiro atoms. The maximum atomic E-state index is 12.5.